The van der Waals surface area contributed by atoms with Crippen molar-refractivity contribution in [3.8, 4) is 0 Å². The van der Waals surface area contributed by atoms with E-state index < -0.39 is 0 Å². The molecule has 0 spiro atoms. The third-order valence-corrected chi connectivity index (χ3v) is 2.79. The van der Waals surface area contributed by atoms with E-state index in [4.69, 9.17) is 5.11 Å². The second kappa shape index (κ2) is 3.51. The van der Waals surface area contributed by atoms with E-state index in [0.717, 1.165) is 10.7 Å². The number of nitrogens with one attached hydrogen (secondary N) is 1. The van der Waals surface area contributed by atoms with E-state index in [9.17, 15) is 0 Å². The van der Waals surface area contributed by atoms with Gasteiger partial charge in [0, 0.05) is 5.38 Å². The maximum atomic E-state index is 8.82. The van der Waals surface area contributed by atoms with Crippen LogP contribution in [0.25, 0.3) is 0 Å². The van der Waals surface area contributed by atoms with Crippen LogP contribution in [0.15, 0.2) is 5.38 Å². The summed E-state index contributed by atoms with van der Waals surface area (Å²) in [5, 5.41) is 14.7. The Morgan fingerprint density at radius 3 is 2.75 bits per heavy atom. The Hall–Kier alpha value is -0.450. The van der Waals surface area contributed by atoms with Gasteiger partial charge in [-0.25, -0.2) is 4.98 Å². The molecule has 0 amide bonds. The summed E-state index contributed by atoms with van der Waals surface area (Å²) in [7, 11) is 1.90. The number of aliphatic hydroxyl groups is 1. The maximum absolute atomic E-state index is 8.82. The van der Waals surface area contributed by atoms with Crippen LogP contribution >= 0.6 is 11.3 Å². The molecular weight excluding hydrogens is 172 g/mol. The molecule has 2 N–H and O–H groups in total. The number of rotatable bonds is 3. The van der Waals surface area contributed by atoms with E-state index >= 15 is 0 Å². The molecule has 1 aromatic rings. The summed E-state index contributed by atoms with van der Waals surface area (Å²) < 4.78 is 0. The predicted molar refractivity (Wildman–Crippen MR) is 50.1 cm³/mol. The molecule has 4 heteroatoms. The topological polar surface area (TPSA) is 45.1 Å². The van der Waals surface area contributed by atoms with Crippen LogP contribution in [0.4, 0.5) is 0 Å². The lowest BCUT2D eigenvalue weighted by atomic mass is 10.0. The quantitative estimate of drug-likeness (QED) is 0.742. The predicted octanol–water partition coefficient (Wildman–Crippen LogP) is 1.09. The largest absolute Gasteiger partial charge is 0.389 e. The van der Waals surface area contributed by atoms with Gasteiger partial charge in [0.2, 0.25) is 0 Å². The van der Waals surface area contributed by atoms with Crippen LogP contribution in [0.5, 0.6) is 0 Å². The van der Waals surface area contributed by atoms with Gasteiger partial charge in [-0.15, -0.1) is 11.3 Å². The van der Waals surface area contributed by atoms with Gasteiger partial charge in [0.25, 0.3) is 0 Å². The molecule has 3 nitrogen and oxygen atoms in total. The average Bonchev–Trinajstić information content (AvgIpc) is 2.52. The zero-order chi connectivity index (χ0) is 9.19. The number of thiazole rings is 1. The third kappa shape index (κ3) is 1.83. The second-order valence-corrected chi connectivity index (χ2v) is 4.10. The maximum Gasteiger partial charge on any atom is 0.118 e. The molecule has 0 saturated heterocycles. The Morgan fingerprint density at radius 2 is 2.33 bits per heavy atom. The van der Waals surface area contributed by atoms with Gasteiger partial charge in [0.15, 0.2) is 0 Å². The molecule has 0 atom stereocenters. The van der Waals surface area contributed by atoms with Crippen LogP contribution < -0.4 is 5.32 Å². The van der Waals surface area contributed by atoms with E-state index in [1.54, 1.807) is 0 Å². The van der Waals surface area contributed by atoms with Gasteiger partial charge in [0.05, 0.1) is 17.8 Å². The molecule has 0 saturated carbocycles. The molecule has 0 aromatic carbocycles. The lowest BCUT2D eigenvalue weighted by Gasteiger charge is -2.21. The molecule has 1 rings (SSSR count). The van der Waals surface area contributed by atoms with Crippen molar-refractivity contribution in [1.29, 1.82) is 0 Å². The Balaban J connectivity index is 2.88. The van der Waals surface area contributed by atoms with Crippen molar-refractivity contribution in [1.82, 2.24) is 10.3 Å². The molecule has 0 unspecified atom stereocenters. The number of aromatic nitrogens is 1. The standard InChI is InChI=1S/C8H14N2OS/c1-8(2,9-3)6-5-12-7(4-11)10-6/h5,9,11H,4H2,1-3H3. The summed E-state index contributed by atoms with van der Waals surface area (Å²) >= 11 is 1.49. The van der Waals surface area contributed by atoms with E-state index in [1.807, 2.05) is 12.4 Å². The monoisotopic (exact) mass is 186 g/mol. The van der Waals surface area contributed by atoms with E-state index in [-0.39, 0.29) is 12.1 Å². The van der Waals surface area contributed by atoms with Gasteiger partial charge >= 0.3 is 0 Å². The van der Waals surface area contributed by atoms with Crippen molar-refractivity contribution in [2.75, 3.05) is 7.05 Å². The van der Waals surface area contributed by atoms with E-state index in [1.165, 1.54) is 11.3 Å². The summed E-state index contributed by atoms with van der Waals surface area (Å²) in [4.78, 5) is 4.28. The van der Waals surface area contributed by atoms with E-state index in [2.05, 4.69) is 24.1 Å². The zero-order valence-electron chi connectivity index (χ0n) is 7.59. The van der Waals surface area contributed by atoms with Crippen molar-refractivity contribution in [2.24, 2.45) is 0 Å². The molecule has 1 heterocycles. The summed E-state index contributed by atoms with van der Waals surface area (Å²) in [6.45, 7) is 4.15. The van der Waals surface area contributed by atoms with Crippen molar-refractivity contribution in [3.63, 3.8) is 0 Å². The van der Waals surface area contributed by atoms with Crippen molar-refractivity contribution < 1.29 is 5.11 Å². The lowest BCUT2D eigenvalue weighted by Crippen LogP contribution is -2.33. The van der Waals surface area contributed by atoms with Gasteiger partial charge in [0.1, 0.15) is 5.01 Å². The highest BCUT2D eigenvalue weighted by Gasteiger charge is 2.20. The highest BCUT2D eigenvalue weighted by molar-refractivity contribution is 7.09. The van der Waals surface area contributed by atoms with Crippen LogP contribution in [0, 0.1) is 0 Å². The second-order valence-electron chi connectivity index (χ2n) is 3.16. The van der Waals surface area contributed by atoms with Crippen molar-refractivity contribution in [3.05, 3.63) is 16.1 Å². The Labute approximate surface area is 76.5 Å². The van der Waals surface area contributed by atoms with Crippen LogP contribution in [0.3, 0.4) is 0 Å². The average molecular weight is 186 g/mol. The minimum Gasteiger partial charge on any atom is -0.389 e. The molecule has 0 aliphatic rings. The van der Waals surface area contributed by atoms with Crippen LogP contribution in [0.2, 0.25) is 0 Å². The highest BCUT2D eigenvalue weighted by atomic mass is 32.1. The number of nitrogens with zero attached hydrogens (tertiary/aromatic N) is 1. The Bertz CT molecular complexity index is 257. The minimum atomic E-state index is -0.107. The van der Waals surface area contributed by atoms with Gasteiger partial charge < -0.3 is 10.4 Å². The summed E-state index contributed by atoms with van der Waals surface area (Å²) in [5.41, 5.74) is 0.878. The third-order valence-electron chi connectivity index (χ3n) is 1.95. The lowest BCUT2D eigenvalue weighted by molar-refractivity contribution is 0.280. The number of aliphatic hydroxyl groups excluding tert-OH is 1. The summed E-state index contributed by atoms with van der Waals surface area (Å²) in [6, 6.07) is 0. The first-order chi connectivity index (χ1) is 5.60. The van der Waals surface area contributed by atoms with Gasteiger partial charge in [-0.2, -0.15) is 0 Å². The smallest absolute Gasteiger partial charge is 0.118 e. The fraction of sp³-hybridized carbons (Fsp3) is 0.625. The Morgan fingerprint density at radius 1 is 1.67 bits per heavy atom. The van der Waals surface area contributed by atoms with Gasteiger partial charge in [-0.3, -0.25) is 0 Å². The fourth-order valence-corrected chi connectivity index (χ4v) is 1.62. The molecule has 68 valence electrons. The van der Waals surface area contributed by atoms with Gasteiger partial charge in [-0.05, 0) is 20.9 Å². The SMILES string of the molecule is CNC(C)(C)c1csc(CO)n1. The molecule has 12 heavy (non-hydrogen) atoms. The first-order valence-electron chi connectivity index (χ1n) is 3.85. The molecular formula is C8H14N2OS. The molecule has 0 fully saturated rings. The molecule has 0 aliphatic heterocycles. The molecule has 0 radical (unpaired) electrons. The number of hydrogen-bond donors (Lipinski definition) is 2. The van der Waals surface area contributed by atoms with Crippen LogP contribution in [0.1, 0.15) is 24.5 Å². The highest BCUT2D eigenvalue weighted by Crippen LogP contribution is 2.21. The summed E-state index contributed by atoms with van der Waals surface area (Å²) in [6.07, 6.45) is 0. The summed E-state index contributed by atoms with van der Waals surface area (Å²) in [5.74, 6) is 0. The molecule has 0 aliphatic carbocycles. The van der Waals surface area contributed by atoms with Crippen LogP contribution in [-0.4, -0.2) is 17.1 Å². The van der Waals surface area contributed by atoms with Crippen molar-refractivity contribution >= 4 is 11.3 Å². The van der Waals surface area contributed by atoms with E-state index in [0.29, 0.717) is 0 Å². The fourth-order valence-electron chi connectivity index (χ4n) is 0.799. The zero-order valence-corrected chi connectivity index (χ0v) is 8.40. The molecule has 1 aromatic heterocycles. The number of hydrogen-bond acceptors (Lipinski definition) is 4. The first-order valence-corrected chi connectivity index (χ1v) is 4.73. The Kier molecular flexibility index (Phi) is 2.82. The van der Waals surface area contributed by atoms with Crippen LogP contribution in [-0.2, 0) is 12.1 Å². The first kappa shape index (κ1) is 9.64. The molecule has 0 bridgehead atoms. The minimum absolute atomic E-state index is 0.0322. The normalized spacial score (nSPS) is 12.0. The van der Waals surface area contributed by atoms with Gasteiger partial charge in [-0.1, -0.05) is 0 Å². The van der Waals surface area contributed by atoms with Crippen molar-refractivity contribution in [2.45, 2.75) is 26.0 Å².